The van der Waals surface area contributed by atoms with Crippen LogP contribution in [0, 0.1) is 0 Å². The molecule has 0 aromatic carbocycles. The Balaban J connectivity index is 4.26. The fourth-order valence-electron chi connectivity index (χ4n) is 10.9. The van der Waals surface area contributed by atoms with Crippen LogP contribution in [-0.4, -0.2) is 37.2 Å². The first kappa shape index (κ1) is 77.6. The molecule has 0 N–H and O–H groups in total. The number of unbranched alkanes of at least 4 members (excludes halogenated alkanes) is 50. The predicted octanol–water partition coefficient (Wildman–Crippen LogP) is 24.7. The Bertz CT molecular complexity index is 1340. The van der Waals surface area contributed by atoms with Crippen molar-refractivity contribution >= 4 is 17.9 Å². The van der Waals surface area contributed by atoms with E-state index in [1.807, 2.05) is 0 Å². The minimum absolute atomic E-state index is 0.0680. The fourth-order valence-corrected chi connectivity index (χ4v) is 10.9. The molecular formula is C74H138O6. The van der Waals surface area contributed by atoms with E-state index in [0.717, 1.165) is 64.2 Å². The lowest BCUT2D eigenvalue weighted by Crippen LogP contribution is -2.30. The fraction of sp³-hybridized carbons (Fsp3) is 0.878. The van der Waals surface area contributed by atoms with Crippen LogP contribution < -0.4 is 0 Å². The first-order chi connectivity index (χ1) is 39.5. The summed E-state index contributed by atoms with van der Waals surface area (Å²) in [4.78, 5) is 38.5. The van der Waals surface area contributed by atoms with Gasteiger partial charge in [0, 0.05) is 19.3 Å². The molecule has 470 valence electrons. The van der Waals surface area contributed by atoms with E-state index in [-0.39, 0.29) is 31.1 Å². The van der Waals surface area contributed by atoms with Crippen LogP contribution in [0.4, 0.5) is 0 Å². The third-order valence-corrected chi connectivity index (χ3v) is 16.4. The summed E-state index contributed by atoms with van der Waals surface area (Å²) < 4.78 is 17.0. The van der Waals surface area contributed by atoms with Crippen LogP contribution >= 0.6 is 0 Å². The molecule has 0 amide bonds. The highest BCUT2D eigenvalue weighted by Gasteiger charge is 2.19. The minimum Gasteiger partial charge on any atom is -0.462 e. The maximum Gasteiger partial charge on any atom is 0.306 e. The number of hydrogen-bond acceptors (Lipinski definition) is 6. The minimum atomic E-state index is -0.773. The Morgan fingerprint density at radius 2 is 0.450 bits per heavy atom. The van der Waals surface area contributed by atoms with E-state index in [1.165, 1.54) is 295 Å². The number of allylic oxidation sites excluding steroid dienone is 6. The molecule has 0 aliphatic carbocycles. The molecule has 0 aliphatic heterocycles. The lowest BCUT2D eigenvalue weighted by molar-refractivity contribution is -0.167. The van der Waals surface area contributed by atoms with Crippen LogP contribution in [0.25, 0.3) is 0 Å². The summed E-state index contributed by atoms with van der Waals surface area (Å²) in [7, 11) is 0. The van der Waals surface area contributed by atoms with Gasteiger partial charge in [0.25, 0.3) is 0 Å². The third kappa shape index (κ3) is 66.4. The van der Waals surface area contributed by atoms with Crippen molar-refractivity contribution < 1.29 is 28.6 Å². The summed E-state index contributed by atoms with van der Waals surface area (Å²) in [6, 6.07) is 0. The number of rotatable bonds is 67. The first-order valence-electron chi connectivity index (χ1n) is 36.0. The second-order valence-electron chi connectivity index (χ2n) is 24.5. The zero-order valence-corrected chi connectivity index (χ0v) is 54.1. The first-order valence-corrected chi connectivity index (χ1v) is 36.0. The summed E-state index contributed by atoms with van der Waals surface area (Å²) in [5.74, 6) is -0.841. The lowest BCUT2D eigenvalue weighted by atomic mass is 10.0. The van der Waals surface area contributed by atoms with Crippen molar-refractivity contribution in [2.75, 3.05) is 13.2 Å². The molecule has 0 radical (unpaired) electrons. The Morgan fingerprint density at radius 1 is 0.250 bits per heavy atom. The van der Waals surface area contributed by atoms with Gasteiger partial charge in [0.05, 0.1) is 0 Å². The number of carbonyl (C=O) groups is 3. The van der Waals surface area contributed by atoms with E-state index >= 15 is 0 Å². The van der Waals surface area contributed by atoms with Crippen LogP contribution in [0.15, 0.2) is 36.5 Å². The number of carbonyl (C=O) groups excluding carboxylic acids is 3. The van der Waals surface area contributed by atoms with Crippen LogP contribution in [0.3, 0.4) is 0 Å². The largest absolute Gasteiger partial charge is 0.462 e. The van der Waals surface area contributed by atoms with Gasteiger partial charge >= 0.3 is 17.9 Å². The van der Waals surface area contributed by atoms with Crippen LogP contribution in [0.1, 0.15) is 400 Å². The molecule has 1 unspecified atom stereocenters. The van der Waals surface area contributed by atoms with Crippen molar-refractivity contribution in [1.29, 1.82) is 0 Å². The van der Waals surface area contributed by atoms with Crippen LogP contribution in [0.2, 0.25) is 0 Å². The van der Waals surface area contributed by atoms with Gasteiger partial charge in [-0.15, -0.1) is 0 Å². The molecular weight excluding hydrogens is 985 g/mol. The molecule has 0 saturated heterocycles. The van der Waals surface area contributed by atoms with Crippen molar-refractivity contribution in [2.45, 2.75) is 406 Å². The van der Waals surface area contributed by atoms with Gasteiger partial charge in [0.2, 0.25) is 0 Å². The molecule has 6 heteroatoms. The highest BCUT2D eigenvalue weighted by atomic mass is 16.6. The number of hydrogen-bond donors (Lipinski definition) is 0. The molecule has 0 rings (SSSR count). The van der Waals surface area contributed by atoms with E-state index in [9.17, 15) is 14.4 Å². The van der Waals surface area contributed by atoms with Gasteiger partial charge in [0.15, 0.2) is 6.10 Å². The summed E-state index contributed by atoms with van der Waals surface area (Å²) in [5.41, 5.74) is 0. The van der Waals surface area contributed by atoms with Gasteiger partial charge in [-0.25, -0.2) is 0 Å². The smallest absolute Gasteiger partial charge is 0.306 e. The van der Waals surface area contributed by atoms with Crippen LogP contribution in [0.5, 0.6) is 0 Å². The highest BCUT2D eigenvalue weighted by Crippen LogP contribution is 2.18. The third-order valence-electron chi connectivity index (χ3n) is 16.4. The van der Waals surface area contributed by atoms with Gasteiger partial charge in [0.1, 0.15) is 13.2 Å². The van der Waals surface area contributed by atoms with Crippen molar-refractivity contribution in [3.05, 3.63) is 36.5 Å². The zero-order valence-electron chi connectivity index (χ0n) is 54.1. The SMILES string of the molecule is CCCCCCC/C=C\C/C=C\CCCCCCCCCCCCCCCCCC(=O)OCC(COC(=O)CCCCCCCCCCCCCCCCCCC)OC(=O)CCCCCCCCC/C=C\CCCCCCCCC. The van der Waals surface area contributed by atoms with Crippen molar-refractivity contribution in [1.82, 2.24) is 0 Å². The molecule has 0 bridgehead atoms. The molecule has 1 atom stereocenters. The second kappa shape index (κ2) is 69.1. The zero-order chi connectivity index (χ0) is 57.8. The highest BCUT2D eigenvalue weighted by molar-refractivity contribution is 5.71. The quantitative estimate of drug-likeness (QED) is 0.0261. The molecule has 6 nitrogen and oxygen atoms in total. The monoisotopic (exact) mass is 1120 g/mol. The van der Waals surface area contributed by atoms with E-state index in [2.05, 4.69) is 57.2 Å². The molecule has 0 saturated carbocycles. The summed E-state index contributed by atoms with van der Waals surface area (Å²) in [6.45, 7) is 6.70. The second-order valence-corrected chi connectivity index (χ2v) is 24.5. The van der Waals surface area contributed by atoms with Crippen molar-refractivity contribution in [2.24, 2.45) is 0 Å². The lowest BCUT2D eigenvalue weighted by Gasteiger charge is -2.18. The van der Waals surface area contributed by atoms with Crippen LogP contribution in [-0.2, 0) is 28.6 Å². The number of ether oxygens (including phenoxy) is 3. The predicted molar refractivity (Wildman–Crippen MR) is 349 cm³/mol. The molecule has 0 spiro atoms. The molecule has 0 aromatic heterocycles. The van der Waals surface area contributed by atoms with Gasteiger partial charge in [-0.05, 0) is 77.0 Å². The standard InChI is InChI=1S/C74H138O6/c1-4-7-10-13-16-19-22-25-28-31-33-34-35-36-37-38-39-40-41-44-46-49-52-55-58-61-64-67-73(76)79-70-71(69-78-72(75)66-63-60-57-54-51-48-45-42-30-27-24-21-18-15-12-9-6-3)80-74(77)68-65-62-59-56-53-50-47-43-32-29-26-23-20-17-14-11-8-5-2/h22,25,29,31-33,71H,4-21,23-24,26-28,30,34-70H2,1-3H3/b25-22-,32-29-,33-31-. The molecule has 0 fully saturated rings. The maximum absolute atomic E-state index is 13.0. The van der Waals surface area contributed by atoms with E-state index in [0.29, 0.717) is 19.3 Å². The Morgan fingerprint density at radius 3 is 0.700 bits per heavy atom. The van der Waals surface area contributed by atoms with E-state index < -0.39 is 6.10 Å². The average Bonchev–Trinajstić information content (AvgIpc) is 3.46. The molecule has 80 heavy (non-hydrogen) atoms. The van der Waals surface area contributed by atoms with Gasteiger partial charge in [-0.2, -0.15) is 0 Å². The number of esters is 3. The molecule has 0 aromatic rings. The Kier molecular flexibility index (Phi) is 67.1. The average molecular weight is 1120 g/mol. The van der Waals surface area contributed by atoms with Gasteiger partial charge in [-0.1, -0.05) is 340 Å². The summed E-state index contributed by atoms with van der Waals surface area (Å²) in [5, 5.41) is 0. The molecule has 0 heterocycles. The summed E-state index contributed by atoms with van der Waals surface area (Å²) in [6.07, 6.45) is 86.0. The topological polar surface area (TPSA) is 78.9 Å². The van der Waals surface area contributed by atoms with E-state index in [1.54, 1.807) is 0 Å². The maximum atomic E-state index is 13.0. The van der Waals surface area contributed by atoms with Gasteiger partial charge in [-0.3, -0.25) is 14.4 Å². The Labute approximate surface area is 499 Å². The van der Waals surface area contributed by atoms with Gasteiger partial charge < -0.3 is 14.2 Å². The van der Waals surface area contributed by atoms with Crippen molar-refractivity contribution in [3.63, 3.8) is 0 Å². The summed E-state index contributed by atoms with van der Waals surface area (Å²) >= 11 is 0. The Hall–Kier alpha value is -2.37. The molecule has 0 aliphatic rings. The normalized spacial score (nSPS) is 12.2. The van der Waals surface area contributed by atoms with Crippen molar-refractivity contribution in [3.8, 4) is 0 Å². The van der Waals surface area contributed by atoms with E-state index in [4.69, 9.17) is 14.2 Å².